The summed E-state index contributed by atoms with van der Waals surface area (Å²) in [5, 5.41) is 3.08. The first kappa shape index (κ1) is 19.5. The minimum Gasteiger partial charge on any atom is -0.353 e. The van der Waals surface area contributed by atoms with Crippen molar-refractivity contribution in [2.24, 2.45) is 4.99 Å². The molecule has 0 aromatic heterocycles. The van der Waals surface area contributed by atoms with E-state index in [4.69, 9.17) is 0 Å². The molecule has 1 rings (SSSR count). The lowest BCUT2D eigenvalue weighted by Gasteiger charge is -2.39. The molecule has 20 heavy (non-hydrogen) atoms. The summed E-state index contributed by atoms with van der Waals surface area (Å²) in [6.45, 7) is 7.25. The fraction of sp³-hybridized carbons (Fsp3) is 0.750. The van der Waals surface area contributed by atoms with E-state index in [1.54, 1.807) is 13.1 Å². The van der Waals surface area contributed by atoms with Crippen LogP contribution in [0.25, 0.3) is 0 Å². The topological polar surface area (TPSA) is 30.9 Å². The van der Waals surface area contributed by atoms with Crippen LogP contribution < -0.4 is 5.32 Å². The van der Waals surface area contributed by atoms with Crippen molar-refractivity contribution in [1.82, 2.24) is 15.1 Å². The Morgan fingerprint density at radius 3 is 2.30 bits per heavy atom. The average molecular weight is 406 g/mol. The number of nitrogens with zero attached hydrogens (tertiary/aromatic N) is 3. The van der Waals surface area contributed by atoms with Crippen LogP contribution in [0.1, 0.15) is 6.92 Å². The number of nitrogens with one attached hydrogen (secondary N) is 1. The number of rotatable bonds is 3. The monoisotopic (exact) mass is 406 g/mol. The Balaban J connectivity index is 0.00000361. The van der Waals surface area contributed by atoms with Gasteiger partial charge in [-0.05, 0) is 6.92 Å². The zero-order valence-corrected chi connectivity index (χ0v) is 14.1. The Labute approximate surface area is 135 Å². The van der Waals surface area contributed by atoms with Gasteiger partial charge in [-0.15, -0.1) is 30.6 Å². The average Bonchev–Trinajstić information content (AvgIpc) is 2.38. The number of hydrogen-bond acceptors (Lipinski definition) is 2. The van der Waals surface area contributed by atoms with Gasteiger partial charge in [0.1, 0.15) is 6.04 Å². The van der Waals surface area contributed by atoms with Crippen LogP contribution in [0.15, 0.2) is 17.6 Å². The minimum absolute atomic E-state index is 0. The van der Waals surface area contributed by atoms with Gasteiger partial charge >= 0.3 is 6.18 Å². The Morgan fingerprint density at radius 1 is 1.35 bits per heavy atom. The predicted molar refractivity (Wildman–Crippen MR) is 85.6 cm³/mol. The van der Waals surface area contributed by atoms with Crippen LogP contribution in [0, 0.1) is 0 Å². The molecule has 0 aliphatic carbocycles. The third-order valence-corrected chi connectivity index (χ3v) is 3.25. The second-order valence-corrected chi connectivity index (χ2v) is 4.46. The van der Waals surface area contributed by atoms with Crippen LogP contribution in [0.2, 0.25) is 0 Å². The van der Waals surface area contributed by atoms with Crippen molar-refractivity contribution >= 4 is 29.9 Å². The molecule has 0 radical (unpaired) electrons. The summed E-state index contributed by atoms with van der Waals surface area (Å²) >= 11 is 0. The van der Waals surface area contributed by atoms with Crippen molar-refractivity contribution in [3.8, 4) is 0 Å². The quantitative estimate of drug-likeness (QED) is 0.337. The van der Waals surface area contributed by atoms with E-state index in [0.29, 0.717) is 38.7 Å². The highest BCUT2D eigenvalue weighted by Gasteiger charge is 2.40. The third kappa shape index (κ3) is 5.47. The molecule has 0 saturated carbocycles. The van der Waals surface area contributed by atoms with Crippen LogP contribution in [-0.4, -0.2) is 67.7 Å². The molecule has 8 heteroatoms. The van der Waals surface area contributed by atoms with Crippen molar-refractivity contribution in [1.29, 1.82) is 0 Å². The zero-order chi connectivity index (χ0) is 14.5. The summed E-state index contributed by atoms with van der Waals surface area (Å²) < 4.78 is 37.9. The number of halogens is 4. The lowest BCUT2D eigenvalue weighted by Crippen LogP contribution is -2.56. The number of piperazine rings is 1. The summed E-state index contributed by atoms with van der Waals surface area (Å²) in [6.07, 6.45) is -2.45. The SMILES string of the molecule is C=CCNC(=NC)N1CCN(C(C)C(F)(F)F)CC1.I. The fourth-order valence-corrected chi connectivity index (χ4v) is 2.02. The fourth-order valence-electron chi connectivity index (χ4n) is 2.02. The minimum atomic E-state index is -4.16. The van der Waals surface area contributed by atoms with Gasteiger partial charge in [0.2, 0.25) is 0 Å². The Kier molecular flexibility index (Phi) is 8.48. The van der Waals surface area contributed by atoms with Gasteiger partial charge < -0.3 is 10.2 Å². The Hall–Kier alpha value is -0.510. The number of aliphatic imine (C=N–C) groups is 1. The molecular formula is C12H22F3IN4. The van der Waals surface area contributed by atoms with Gasteiger partial charge in [-0.3, -0.25) is 9.89 Å². The molecule has 1 N–H and O–H groups in total. The van der Waals surface area contributed by atoms with Gasteiger partial charge in [-0.25, -0.2) is 0 Å². The number of hydrogen-bond donors (Lipinski definition) is 1. The Morgan fingerprint density at radius 2 is 1.90 bits per heavy atom. The van der Waals surface area contributed by atoms with Gasteiger partial charge in [0.25, 0.3) is 0 Å². The highest BCUT2D eigenvalue weighted by atomic mass is 127. The van der Waals surface area contributed by atoms with Crippen molar-refractivity contribution in [3.63, 3.8) is 0 Å². The molecule has 4 nitrogen and oxygen atoms in total. The van der Waals surface area contributed by atoms with Crippen molar-refractivity contribution in [2.45, 2.75) is 19.1 Å². The first-order chi connectivity index (χ1) is 8.90. The van der Waals surface area contributed by atoms with Gasteiger partial charge in [0, 0.05) is 39.8 Å². The zero-order valence-electron chi connectivity index (χ0n) is 11.8. The number of alkyl halides is 3. The van der Waals surface area contributed by atoms with Crippen LogP contribution in [-0.2, 0) is 0 Å². The smallest absolute Gasteiger partial charge is 0.353 e. The molecule has 1 unspecified atom stereocenters. The van der Waals surface area contributed by atoms with E-state index in [1.165, 1.54) is 11.8 Å². The third-order valence-electron chi connectivity index (χ3n) is 3.25. The van der Waals surface area contributed by atoms with Crippen molar-refractivity contribution in [2.75, 3.05) is 39.8 Å². The molecule has 0 bridgehead atoms. The molecule has 1 atom stereocenters. The molecule has 1 aliphatic heterocycles. The molecule has 1 aliphatic rings. The summed E-state index contributed by atoms with van der Waals surface area (Å²) in [6, 6.07) is -1.39. The second-order valence-electron chi connectivity index (χ2n) is 4.46. The maximum atomic E-state index is 12.6. The van der Waals surface area contributed by atoms with E-state index in [-0.39, 0.29) is 24.0 Å². The predicted octanol–water partition coefficient (Wildman–Crippen LogP) is 1.93. The first-order valence-electron chi connectivity index (χ1n) is 6.27. The molecule has 1 saturated heterocycles. The van der Waals surface area contributed by atoms with Crippen LogP contribution >= 0.6 is 24.0 Å². The number of guanidine groups is 1. The lowest BCUT2D eigenvalue weighted by molar-refractivity contribution is -0.181. The van der Waals surface area contributed by atoms with Crippen LogP contribution in [0.3, 0.4) is 0 Å². The van der Waals surface area contributed by atoms with E-state index in [9.17, 15) is 13.2 Å². The van der Waals surface area contributed by atoms with Gasteiger partial charge in [0.15, 0.2) is 5.96 Å². The maximum Gasteiger partial charge on any atom is 0.403 e. The lowest BCUT2D eigenvalue weighted by atomic mass is 10.2. The molecule has 1 fully saturated rings. The van der Waals surface area contributed by atoms with E-state index >= 15 is 0 Å². The first-order valence-corrected chi connectivity index (χ1v) is 6.27. The van der Waals surface area contributed by atoms with Gasteiger partial charge in [0.05, 0.1) is 0 Å². The molecule has 0 aromatic rings. The summed E-state index contributed by atoms with van der Waals surface area (Å²) in [7, 11) is 1.66. The second kappa shape index (κ2) is 8.71. The van der Waals surface area contributed by atoms with E-state index in [2.05, 4.69) is 16.9 Å². The normalized spacial score (nSPS) is 19.2. The molecule has 0 spiro atoms. The van der Waals surface area contributed by atoms with Crippen LogP contribution in [0.5, 0.6) is 0 Å². The summed E-state index contributed by atoms with van der Waals surface area (Å²) in [4.78, 5) is 7.53. The van der Waals surface area contributed by atoms with Gasteiger partial charge in [-0.2, -0.15) is 13.2 Å². The van der Waals surface area contributed by atoms with Gasteiger partial charge in [-0.1, -0.05) is 6.08 Å². The van der Waals surface area contributed by atoms with Crippen molar-refractivity contribution in [3.05, 3.63) is 12.7 Å². The molecular weight excluding hydrogens is 384 g/mol. The van der Waals surface area contributed by atoms with E-state index in [1.807, 2.05) is 4.90 Å². The maximum absolute atomic E-state index is 12.6. The standard InChI is InChI=1S/C12H21F3N4.HI/c1-4-5-17-11(16-3)19-8-6-18(7-9-19)10(2)12(13,14)15;/h4,10H,1,5-9H2,2-3H3,(H,16,17);1H. The van der Waals surface area contributed by atoms with Crippen LogP contribution in [0.4, 0.5) is 13.2 Å². The largest absolute Gasteiger partial charge is 0.403 e. The highest BCUT2D eigenvalue weighted by molar-refractivity contribution is 14.0. The molecule has 0 amide bonds. The molecule has 0 aromatic carbocycles. The highest BCUT2D eigenvalue weighted by Crippen LogP contribution is 2.25. The van der Waals surface area contributed by atoms with Crippen molar-refractivity contribution < 1.29 is 13.2 Å². The summed E-state index contributed by atoms with van der Waals surface area (Å²) in [5.41, 5.74) is 0. The molecule has 1 heterocycles. The van der Waals surface area contributed by atoms with E-state index in [0.717, 1.165) is 0 Å². The molecule has 118 valence electrons. The van der Waals surface area contributed by atoms with E-state index < -0.39 is 12.2 Å². The summed E-state index contributed by atoms with van der Waals surface area (Å²) in [5.74, 6) is 0.708. The Bertz CT molecular complexity index is 325.